The summed E-state index contributed by atoms with van der Waals surface area (Å²) in [7, 11) is 1.86. The van der Waals surface area contributed by atoms with Crippen molar-refractivity contribution in [2.24, 2.45) is 7.05 Å². The maximum atomic E-state index is 12.1. The van der Waals surface area contributed by atoms with Crippen molar-refractivity contribution in [2.75, 3.05) is 5.32 Å². The first-order valence-corrected chi connectivity index (χ1v) is 7.00. The van der Waals surface area contributed by atoms with Gasteiger partial charge in [0.05, 0.1) is 11.4 Å². The number of rotatable bonds is 3. The van der Waals surface area contributed by atoms with Gasteiger partial charge in [-0.15, -0.1) is 0 Å². The van der Waals surface area contributed by atoms with Crippen molar-refractivity contribution < 1.29 is 4.79 Å². The lowest BCUT2D eigenvalue weighted by Gasteiger charge is -2.09. The Labute approximate surface area is 128 Å². The second-order valence-electron chi connectivity index (χ2n) is 5.12. The van der Waals surface area contributed by atoms with Gasteiger partial charge in [-0.05, 0) is 19.1 Å². The highest BCUT2D eigenvalue weighted by atomic mass is 16.2. The number of hydrogen-bond acceptors (Lipinski definition) is 3. The third kappa shape index (κ3) is 2.90. The fourth-order valence-corrected chi connectivity index (χ4v) is 2.40. The molecule has 22 heavy (non-hydrogen) atoms. The molecule has 0 aliphatic rings. The van der Waals surface area contributed by atoms with Gasteiger partial charge in [0.2, 0.25) is 0 Å². The van der Waals surface area contributed by atoms with E-state index in [2.05, 4.69) is 20.7 Å². The van der Waals surface area contributed by atoms with Gasteiger partial charge in [-0.1, -0.05) is 12.1 Å². The zero-order chi connectivity index (χ0) is 15.5. The minimum absolute atomic E-state index is 0.243. The van der Waals surface area contributed by atoms with E-state index in [1.54, 1.807) is 17.1 Å². The van der Waals surface area contributed by atoms with Crippen LogP contribution >= 0.6 is 0 Å². The molecule has 0 atom stereocenters. The van der Waals surface area contributed by atoms with Crippen LogP contribution < -0.4 is 10.6 Å². The number of aryl methyl sites for hydroxylation is 2. The maximum Gasteiger partial charge on any atom is 0.319 e. The Hall–Kier alpha value is -2.89. The molecule has 3 aromatic rings. The monoisotopic (exact) mass is 295 g/mol. The van der Waals surface area contributed by atoms with E-state index in [1.807, 2.05) is 44.4 Å². The van der Waals surface area contributed by atoms with Crippen LogP contribution in [0.1, 0.15) is 11.3 Å². The highest BCUT2D eigenvalue weighted by molar-refractivity contribution is 6.01. The van der Waals surface area contributed by atoms with E-state index in [9.17, 15) is 4.79 Å². The smallest absolute Gasteiger partial charge is 0.319 e. The number of benzene rings is 1. The summed E-state index contributed by atoms with van der Waals surface area (Å²) in [6.45, 7) is 2.37. The number of carbonyl (C=O) groups excluding carboxylic acids is 1. The van der Waals surface area contributed by atoms with Gasteiger partial charge in [0, 0.05) is 48.5 Å². The Morgan fingerprint density at radius 3 is 2.95 bits per heavy atom. The molecule has 3 rings (SSSR count). The number of anilines is 1. The quantitative estimate of drug-likeness (QED) is 0.780. The largest absolute Gasteiger partial charge is 0.334 e. The molecule has 6 nitrogen and oxygen atoms in total. The highest BCUT2D eigenvalue weighted by Crippen LogP contribution is 2.21. The van der Waals surface area contributed by atoms with Crippen LogP contribution in [0.4, 0.5) is 10.5 Å². The lowest BCUT2D eigenvalue weighted by Crippen LogP contribution is -2.28. The second-order valence-corrected chi connectivity index (χ2v) is 5.12. The van der Waals surface area contributed by atoms with Gasteiger partial charge < -0.3 is 10.6 Å². The van der Waals surface area contributed by atoms with Crippen LogP contribution in [-0.4, -0.2) is 20.8 Å². The van der Waals surface area contributed by atoms with Crippen molar-refractivity contribution in [1.82, 2.24) is 20.1 Å². The van der Waals surface area contributed by atoms with E-state index in [4.69, 9.17) is 0 Å². The lowest BCUT2D eigenvalue weighted by molar-refractivity contribution is 0.252. The van der Waals surface area contributed by atoms with Gasteiger partial charge in [0.15, 0.2) is 0 Å². The van der Waals surface area contributed by atoms with Crippen LogP contribution in [0.25, 0.3) is 10.8 Å². The van der Waals surface area contributed by atoms with Crippen molar-refractivity contribution >= 4 is 22.5 Å². The van der Waals surface area contributed by atoms with Crippen LogP contribution in [0.2, 0.25) is 0 Å². The van der Waals surface area contributed by atoms with E-state index < -0.39 is 0 Å². The van der Waals surface area contributed by atoms with Crippen molar-refractivity contribution in [1.29, 1.82) is 0 Å². The van der Waals surface area contributed by atoms with Crippen LogP contribution in [0.3, 0.4) is 0 Å². The van der Waals surface area contributed by atoms with Gasteiger partial charge in [0.1, 0.15) is 0 Å². The van der Waals surface area contributed by atoms with E-state index in [1.165, 1.54) is 0 Å². The topological polar surface area (TPSA) is 71.8 Å². The van der Waals surface area contributed by atoms with Gasteiger partial charge in [-0.25, -0.2) is 4.79 Å². The number of aromatic nitrogens is 3. The van der Waals surface area contributed by atoms with E-state index in [0.717, 1.165) is 27.7 Å². The fraction of sp³-hybridized carbons (Fsp3) is 0.188. The summed E-state index contributed by atoms with van der Waals surface area (Å²) in [5.74, 6) is 0. The molecule has 0 bridgehead atoms. The van der Waals surface area contributed by atoms with Crippen LogP contribution in [0, 0.1) is 6.92 Å². The van der Waals surface area contributed by atoms with Crippen molar-refractivity contribution in [2.45, 2.75) is 13.5 Å². The molecule has 6 heteroatoms. The Morgan fingerprint density at radius 1 is 1.32 bits per heavy atom. The number of nitrogens with zero attached hydrogens (tertiary/aromatic N) is 3. The average Bonchev–Trinajstić information content (AvgIpc) is 2.83. The molecule has 0 radical (unpaired) electrons. The molecule has 0 aliphatic heterocycles. The summed E-state index contributed by atoms with van der Waals surface area (Å²) in [5, 5.41) is 11.9. The average molecular weight is 295 g/mol. The SMILES string of the molecule is Cc1nn(C)cc1CNC(=O)Nc1cccc2cnccc12. The Balaban J connectivity index is 1.70. The number of urea groups is 1. The van der Waals surface area contributed by atoms with Crippen molar-refractivity contribution in [3.8, 4) is 0 Å². The first kappa shape index (κ1) is 14.1. The number of hydrogen-bond donors (Lipinski definition) is 2. The summed E-state index contributed by atoms with van der Waals surface area (Å²) >= 11 is 0. The summed E-state index contributed by atoms with van der Waals surface area (Å²) < 4.78 is 1.74. The number of amides is 2. The Kier molecular flexibility index (Phi) is 3.74. The number of pyridine rings is 1. The molecule has 0 fully saturated rings. The molecule has 2 amide bonds. The third-order valence-corrected chi connectivity index (χ3v) is 3.48. The fourth-order valence-electron chi connectivity index (χ4n) is 2.40. The number of carbonyl (C=O) groups is 1. The Bertz CT molecular complexity index is 819. The van der Waals surface area contributed by atoms with Crippen LogP contribution in [0.15, 0.2) is 42.9 Å². The molecule has 2 N–H and O–H groups in total. The molecule has 0 unspecified atom stereocenters. The summed E-state index contributed by atoms with van der Waals surface area (Å²) in [4.78, 5) is 16.2. The molecular formula is C16H17N5O. The molecule has 2 heterocycles. The molecule has 0 saturated heterocycles. The van der Waals surface area contributed by atoms with Gasteiger partial charge >= 0.3 is 6.03 Å². The van der Waals surface area contributed by atoms with Crippen molar-refractivity contribution in [3.63, 3.8) is 0 Å². The predicted molar refractivity (Wildman–Crippen MR) is 85.5 cm³/mol. The standard InChI is InChI=1S/C16H17N5O/c1-11-13(10-21(2)20-11)9-18-16(22)19-15-5-3-4-12-8-17-7-6-14(12)15/h3-8,10H,9H2,1-2H3,(H2,18,19,22). The summed E-state index contributed by atoms with van der Waals surface area (Å²) in [6, 6.07) is 7.37. The zero-order valence-corrected chi connectivity index (χ0v) is 12.5. The lowest BCUT2D eigenvalue weighted by atomic mass is 10.1. The predicted octanol–water partition coefficient (Wildman–Crippen LogP) is 2.60. The van der Waals surface area contributed by atoms with Gasteiger partial charge in [-0.2, -0.15) is 5.10 Å². The van der Waals surface area contributed by atoms with Crippen LogP contribution in [0.5, 0.6) is 0 Å². The van der Waals surface area contributed by atoms with E-state index in [0.29, 0.717) is 6.54 Å². The first-order valence-electron chi connectivity index (χ1n) is 7.00. The summed E-state index contributed by atoms with van der Waals surface area (Å²) in [5.41, 5.74) is 2.68. The molecule has 112 valence electrons. The maximum absolute atomic E-state index is 12.1. The van der Waals surface area contributed by atoms with E-state index >= 15 is 0 Å². The Morgan fingerprint density at radius 2 is 2.18 bits per heavy atom. The summed E-state index contributed by atoms with van der Waals surface area (Å²) in [6.07, 6.45) is 5.39. The number of fused-ring (bicyclic) bond motifs is 1. The number of nitrogens with one attached hydrogen (secondary N) is 2. The second kappa shape index (κ2) is 5.85. The van der Waals surface area contributed by atoms with Gasteiger partial charge in [-0.3, -0.25) is 9.67 Å². The van der Waals surface area contributed by atoms with Gasteiger partial charge in [0.25, 0.3) is 0 Å². The highest BCUT2D eigenvalue weighted by Gasteiger charge is 2.07. The molecule has 0 saturated carbocycles. The first-order chi connectivity index (χ1) is 10.6. The van der Waals surface area contributed by atoms with Crippen molar-refractivity contribution in [3.05, 3.63) is 54.1 Å². The minimum Gasteiger partial charge on any atom is -0.334 e. The zero-order valence-electron chi connectivity index (χ0n) is 12.5. The van der Waals surface area contributed by atoms with E-state index in [-0.39, 0.29) is 6.03 Å². The van der Waals surface area contributed by atoms with Crippen LogP contribution in [-0.2, 0) is 13.6 Å². The molecule has 2 aromatic heterocycles. The molecule has 0 spiro atoms. The third-order valence-electron chi connectivity index (χ3n) is 3.48. The molecule has 0 aliphatic carbocycles. The normalized spacial score (nSPS) is 10.6. The minimum atomic E-state index is -0.243. The molecular weight excluding hydrogens is 278 g/mol. The molecule has 1 aromatic carbocycles.